The van der Waals surface area contributed by atoms with Gasteiger partial charge in [-0.25, -0.2) is 0 Å². The minimum absolute atomic E-state index is 0.0737. The van der Waals surface area contributed by atoms with Gasteiger partial charge in [0.1, 0.15) is 0 Å². The molecule has 0 aliphatic rings. The highest BCUT2D eigenvalue weighted by molar-refractivity contribution is 5.79. The maximum atomic E-state index is 12.1. The molecule has 1 N–H and O–H groups in total. The quantitative estimate of drug-likeness (QED) is 0.877. The molecule has 0 radical (unpaired) electrons. The third-order valence-electron chi connectivity index (χ3n) is 3.43. The first-order valence-electron chi connectivity index (χ1n) is 7.09. The summed E-state index contributed by atoms with van der Waals surface area (Å²) in [6, 6.07) is 18.3. The zero-order valence-corrected chi connectivity index (χ0v) is 12.1. The Morgan fingerprint density at radius 1 is 1.05 bits per heavy atom. The summed E-state index contributed by atoms with van der Waals surface area (Å²) in [6.07, 6.45) is 1.33. The van der Waals surface area contributed by atoms with Crippen molar-refractivity contribution in [2.45, 2.75) is 32.7 Å². The normalized spacial score (nSPS) is 11.9. The lowest BCUT2D eigenvalue weighted by atomic mass is 10.0. The van der Waals surface area contributed by atoms with Crippen molar-refractivity contribution >= 4 is 5.91 Å². The van der Waals surface area contributed by atoms with Gasteiger partial charge in [-0.2, -0.15) is 0 Å². The summed E-state index contributed by atoms with van der Waals surface area (Å²) < 4.78 is 0. The maximum Gasteiger partial charge on any atom is 0.224 e. The highest BCUT2D eigenvalue weighted by Gasteiger charge is 2.12. The Labute approximate surface area is 120 Å². The van der Waals surface area contributed by atoms with E-state index in [1.165, 1.54) is 5.56 Å². The monoisotopic (exact) mass is 267 g/mol. The Bertz CT molecular complexity index is 545. The summed E-state index contributed by atoms with van der Waals surface area (Å²) in [5, 5.41) is 3.11. The van der Waals surface area contributed by atoms with E-state index >= 15 is 0 Å². The summed E-state index contributed by atoms with van der Waals surface area (Å²) in [7, 11) is 0. The third kappa shape index (κ3) is 3.95. The Kier molecular flexibility index (Phi) is 4.94. The molecule has 0 aliphatic carbocycles. The van der Waals surface area contributed by atoms with Crippen LogP contribution in [0.25, 0.3) is 0 Å². The zero-order valence-electron chi connectivity index (χ0n) is 12.1. The van der Waals surface area contributed by atoms with E-state index < -0.39 is 0 Å². The molecule has 0 saturated carbocycles. The van der Waals surface area contributed by atoms with Crippen LogP contribution in [0.15, 0.2) is 54.6 Å². The second-order valence-corrected chi connectivity index (χ2v) is 5.10. The summed E-state index contributed by atoms with van der Waals surface area (Å²) in [5.74, 6) is 0.0737. The van der Waals surface area contributed by atoms with E-state index in [2.05, 4.69) is 24.4 Å². The lowest BCUT2D eigenvalue weighted by Gasteiger charge is -2.17. The van der Waals surface area contributed by atoms with Crippen molar-refractivity contribution in [3.05, 3.63) is 71.3 Å². The molecule has 1 amide bonds. The fourth-order valence-electron chi connectivity index (χ4n) is 2.24. The van der Waals surface area contributed by atoms with E-state index in [1.54, 1.807) is 0 Å². The predicted molar refractivity (Wildman–Crippen MR) is 82.5 cm³/mol. The molecule has 0 aliphatic heterocycles. The lowest BCUT2D eigenvalue weighted by molar-refractivity contribution is -0.121. The van der Waals surface area contributed by atoms with Gasteiger partial charge < -0.3 is 5.32 Å². The summed E-state index contributed by atoms with van der Waals surface area (Å²) in [5.41, 5.74) is 3.42. The Hall–Kier alpha value is -2.09. The Balaban J connectivity index is 1.97. The first-order chi connectivity index (χ1) is 9.69. The van der Waals surface area contributed by atoms with Crippen molar-refractivity contribution in [2.24, 2.45) is 0 Å². The standard InChI is InChI=1S/C18H21NO/c1-3-17(16-7-5-4-6-8-16)19-18(20)13-15-11-9-14(2)10-12-15/h4-12,17H,3,13H2,1-2H3,(H,19,20)/t17-/m0/s1. The summed E-state index contributed by atoms with van der Waals surface area (Å²) in [4.78, 5) is 12.1. The number of rotatable bonds is 5. The molecule has 2 aromatic carbocycles. The van der Waals surface area contributed by atoms with E-state index in [0.29, 0.717) is 6.42 Å². The Morgan fingerprint density at radius 2 is 1.70 bits per heavy atom. The van der Waals surface area contributed by atoms with Gasteiger partial charge in [-0.1, -0.05) is 67.1 Å². The van der Waals surface area contributed by atoms with E-state index in [-0.39, 0.29) is 11.9 Å². The fraction of sp³-hybridized carbons (Fsp3) is 0.278. The van der Waals surface area contributed by atoms with E-state index in [9.17, 15) is 4.79 Å². The van der Waals surface area contributed by atoms with Gasteiger partial charge in [0, 0.05) is 0 Å². The van der Waals surface area contributed by atoms with Crippen LogP contribution in [0.2, 0.25) is 0 Å². The number of amides is 1. The Morgan fingerprint density at radius 3 is 2.30 bits per heavy atom. The van der Waals surface area contributed by atoms with Crippen LogP contribution in [-0.4, -0.2) is 5.91 Å². The van der Waals surface area contributed by atoms with Gasteiger partial charge >= 0.3 is 0 Å². The van der Waals surface area contributed by atoms with E-state index in [4.69, 9.17) is 0 Å². The van der Waals surface area contributed by atoms with Crippen molar-refractivity contribution in [1.29, 1.82) is 0 Å². The molecule has 0 aromatic heterocycles. The molecule has 1 atom stereocenters. The van der Waals surface area contributed by atoms with Crippen LogP contribution in [0.5, 0.6) is 0 Å². The van der Waals surface area contributed by atoms with Crippen LogP contribution in [-0.2, 0) is 11.2 Å². The largest absolute Gasteiger partial charge is 0.349 e. The summed E-state index contributed by atoms with van der Waals surface area (Å²) in [6.45, 7) is 4.14. The molecule has 104 valence electrons. The SMILES string of the molecule is CC[C@H](NC(=O)Cc1ccc(C)cc1)c1ccccc1. The molecule has 2 heteroatoms. The molecule has 2 rings (SSSR count). The van der Waals surface area contributed by atoms with E-state index in [0.717, 1.165) is 17.5 Å². The number of benzene rings is 2. The van der Waals surface area contributed by atoms with Crippen LogP contribution in [0.4, 0.5) is 0 Å². The molecular formula is C18H21NO. The van der Waals surface area contributed by atoms with Gasteiger partial charge in [0.25, 0.3) is 0 Å². The van der Waals surface area contributed by atoms with E-state index in [1.807, 2.05) is 49.4 Å². The van der Waals surface area contributed by atoms with Gasteiger partial charge in [-0.05, 0) is 24.5 Å². The number of carbonyl (C=O) groups is 1. The smallest absolute Gasteiger partial charge is 0.224 e. The second kappa shape index (κ2) is 6.90. The van der Waals surface area contributed by atoms with Crippen molar-refractivity contribution in [1.82, 2.24) is 5.32 Å². The van der Waals surface area contributed by atoms with Crippen molar-refractivity contribution in [3.8, 4) is 0 Å². The maximum absolute atomic E-state index is 12.1. The van der Waals surface area contributed by atoms with Crippen LogP contribution < -0.4 is 5.32 Å². The molecule has 0 bridgehead atoms. The number of carbonyl (C=O) groups excluding carboxylic acids is 1. The van der Waals surface area contributed by atoms with Gasteiger partial charge in [-0.3, -0.25) is 4.79 Å². The molecule has 2 nitrogen and oxygen atoms in total. The third-order valence-corrected chi connectivity index (χ3v) is 3.43. The molecule has 2 aromatic rings. The zero-order chi connectivity index (χ0) is 14.4. The fourth-order valence-corrected chi connectivity index (χ4v) is 2.24. The molecule has 0 heterocycles. The lowest BCUT2D eigenvalue weighted by Crippen LogP contribution is -2.29. The van der Waals surface area contributed by atoms with Gasteiger partial charge in [-0.15, -0.1) is 0 Å². The van der Waals surface area contributed by atoms with Crippen molar-refractivity contribution in [3.63, 3.8) is 0 Å². The highest BCUT2D eigenvalue weighted by Crippen LogP contribution is 2.16. The van der Waals surface area contributed by atoms with Crippen LogP contribution in [0.1, 0.15) is 36.1 Å². The minimum atomic E-state index is 0.0737. The molecule has 0 unspecified atom stereocenters. The predicted octanol–water partition coefficient (Wildman–Crippen LogP) is 3.81. The first kappa shape index (κ1) is 14.3. The number of aryl methyl sites for hydroxylation is 1. The van der Waals surface area contributed by atoms with Crippen LogP contribution in [0, 0.1) is 6.92 Å². The first-order valence-corrected chi connectivity index (χ1v) is 7.09. The van der Waals surface area contributed by atoms with Gasteiger partial charge in [0.2, 0.25) is 5.91 Å². The summed E-state index contributed by atoms with van der Waals surface area (Å²) >= 11 is 0. The topological polar surface area (TPSA) is 29.1 Å². The molecule has 0 spiro atoms. The number of hydrogen-bond acceptors (Lipinski definition) is 1. The minimum Gasteiger partial charge on any atom is -0.349 e. The average molecular weight is 267 g/mol. The van der Waals surface area contributed by atoms with Crippen LogP contribution >= 0.6 is 0 Å². The van der Waals surface area contributed by atoms with Crippen molar-refractivity contribution < 1.29 is 4.79 Å². The van der Waals surface area contributed by atoms with Crippen molar-refractivity contribution in [2.75, 3.05) is 0 Å². The molecule has 0 fully saturated rings. The average Bonchev–Trinajstić information content (AvgIpc) is 2.48. The molecular weight excluding hydrogens is 246 g/mol. The van der Waals surface area contributed by atoms with Gasteiger partial charge in [0.05, 0.1) is 12.5 Å². The highest BCUT2D eigenvalue weighted by atomic mass is 16.1. The number of hydrogen-bond donors (Lipinski definition) is 1. The molecule has 0 saturated heterocycles. The molecule has 20 heavy (non-hydrogen) atoms. The van der Waals surface area contributed by atoms with Crippen LogP contribution in [0.3, 0.4) is 0 Å². The number of nitrogens with one attached hydrogen (secondary N) is 1. The second-order valence-electron chi connectivity index (χ2n) is 5.10. The van der Waals surface area contributed by atoms with Gasteiger partial charge in [0.15, 0.2) is 0 Å².